The molecule has 0 saturated heterocycles. The molecule has 19 heavy (non-hydrogen) atoms. The predicted octanol–water partition coefficient (Wildman–Crippen LogP) is 3.06. The van der Waals surface area contributed by atoms with Crippen molar-refractivity contribution in [3.05, 3.63) is 29.3 Å². The molecule has 1 aliphatic carbocycles. The number of nitrogens with two attached hydrogens (primary N) is 1. The molecule has 0 spiro atoms. The molecule has 1 saturated carbocycles. The molecule has 0 aliphatic heterocycles. The van der Waals surface area contributed by atoms with Crippen LogP contribution in [-0.2, 0) is 0 Å². The molecule has 1 aliphatic rings. The number of nitrogens with one attached hydrogen (secondary N) is 2. The summed E-state index contributed by atoms with van der Waals surface area (Å²) in [4.78, 5) is 12.4. The number of rotatable bonds is 3. The molecule has 4 N–H and O–H groups in total. The van der Waals surface area contributed by atoms with Crippen molar-refractivity contribution < 1.29 is 4.79 Å². The largest absolute Gasteiger partial charge is 0.391 e. The third kappa shape index (κ3) is 3.36. The highest BCUT2D eigenvalue weighted by molar-refractivity contribution is 7.80. The van der Waals surface area contributed by atoms with E-state index in [9.17, 15) is 4.79 Å². The van der Waals surface area contributed by atoms with Gasteiger partial charge in [-0.25, -0.2) is 4.79 Å². The van der Waals surface area contributed by atoms with E-state index in [1.165, 1.54) is 0 Å². The molecule has 4 nitrogen and oxygen atoms in total. The number of halogens is 1. The van der Waals surface area contributed by atoms with Crippen molar-refractivity contribution in [1.29, 1.82) is 0 Å². The highest BCUT2D eigenvalue weighted by atomic mass is 35.5. The van der Waals surface area contributed by atoms with E-state index in [1.807, 2.05) is 0 Å². The molecule has 1 aromatic rings. The average Bonchev–Trinajstić information content (AvgIpc) is 2.78. The van der Waals surface area contributed by atoms with Crippen LogP contribution in [0, 0.1) is 0 Å². The van der Waals surface area contributed by atoms with Crippen molar-refractivity contribution in [1.82, 2.24) is 5.32 Å². The predicted molar refractivity (Wildman–Crippen MR) is 81.6 cm³/mol. The Morgan fingerprint density at radius 1 is 1.37 bits per heavy atom. The molecule has 0 heterocycles. The number of benzene rings is 1. The van der Waals surface area contributed by atoms with Gasteiger partial charge in [0.1, 0.15) is 0 Å². The van der Waals surface area contributed by atoms with Gasteiger partial charge in [0.25, 0.3) is 0 Å². The van der Waals surface area contributed by atoms with Crippen molar-refractivity contribution in [2.24, 2.45) is 5.73 Å². The zero-order valence-electron chi connectivity index (χ0n) is 10.4. The fourth-order valence-electron chi connectivity index (χ4n) is 2.36. The van der Waals surface area contributed by atoms with Crippen molar-refractivity contribution >= 4 is 40.5 Å². The van der Waals surface area contributed by atoms with Gasteiger partial charge in [0.15, 0.2) is 0 Å². The van der Waals surface area contributed by atoms with Crippen LogP contribution >= 0.6 is 23.8 Å². The monoisotopic (exact) mass is 297 g/mol. The normalized spacial score (nSPS) is 16.9. The summed E-state index contributed by atoms with van der Waals surface area (Å²) in [5.41, 5.74) is 5.86. The van der Waals surface area contributed by atoms with Gasteiger partial charge in [-0.05, 0) is 31.0 Å². The first kappa shape index (κ1) is 14.1. The zero-order valence-corrected chi connectivity index (χ0v) is 12.0. The second-order valence-electron chi connectivity index (χ2n) is 4.74. The van der Waals surface area contributed by atoms with Gasteiger partial charge in [0, 0.05) is 10.7 Å². The lowest BCUT2D eigenvalue weighted by Gasteiger charge is -2.29. The summed E-state index contributed by atoms with van der Waals surface area (Å²) in [5, 5.41) is 6.21. The highest BCUT2D eigenvalue weighted by Crippen LogP contribution is 2.30. The summed E-state index contributed by atoms with van der Waals surface area (Å²) >= 11 is 10.9. The molecule has 2 rings (SSSR count). The Balaban J connectivity index is 2.02. The lowest BCUT2D eigenvalue weighted by atomic mass is 9.98. The average molecular weight is 298 g/mol. The van der Waals surface area contributed by atoms with E-state index in [0.29, 0.717) is 15.7 Å². The Bertz CT molecular complexity index is 500. The van der Waals surface area contributed by atoms with Crippen LogP contribution in [0.1, 0.15) is 25.7 Å². The Morgan fingerprint density at radius 2 is 2.05 bits per heavy atom. The van der Waals surface area contributed by atoms with Crippen molar-refractivity contribution in [2.75, 3.05) is 5.32 Å². The van der Waals surface area contributed by atoms with Crippen LogP contribution in [0.5, 0.6) is 0 Å². The van der Waals surface area contributed by atoms with Gasteiger partial charge in [-0.1, -0.05) is 42.7 Å². The molecule has 6 heteroatoms. The number of hydrogen-bond donors (Lipinski definition) is 3. The minimum absolute atomic E-state index is 0.308. The van der Waals surface area contributed by atoms with Gasteiger partial charge in [-0.3, -0.25) is 0 Å². The first-order chi connectivity index (χ1) is 9.02. The maximum Gasteiger partial charge on any atom is 0.320 e. The number of thiocarbonyl (C=S) groups is 1. The maximum atomic E-state index is 12.0. The summed E-state index contributed by atoms with van der Waals surface area (Å²) in [6, 6.07) is 6.67. The summed E-state index contributed by atoms with van der Waals surface area (Å²) in [5.74, 6) is 0. The summed E-state index contributed by atoms with van der Waals surface area (Å²) in [7, 11) is 0. The SMILES string of the molecule is NC(=S)C1(NC(=O)Nc2cccc(Cl)c2)CCCC1. The van der Waals surface area contributed by atoms with E-state index < -0.39 is 5.54 Å². The lowest BCUT2D eigenvalue weighted by Crippen LogP contribution is -2.55. The van der Waals surface area contributed by atoms with Crippen LogP contribution in [0.15, 0.2) is 24.3 Å². The molecule has 0 bridgehead atoms. The molecule has 2 amide bonds. The molecule has 0 radical (unpaired) electrons. The number of carbonyl (C=O) groups is 1. The smallest absolute Gasteiger partial charge is 0.320 e. The quantitative estimate of drug-likeness (QED) is 0.751. The number of urea groups is 1. The maximum absolute atomic E-state index is 12.0. The highest BCUT2D eigenvalue weighted by Gasteiger charge is 2.38. The summed E-state index contributed by atoms with van der Waals surface area (Å²) in [6.45, 7) is 0. The second-order valence-corrected chi connectivity index (χ2v) is 5.62. The Morgan fingerprint density at radius 3 is 2.63 bits per heavy atom. The fourth-order valence-corrected chi connectivity index (χ4v) is 2.80. The zero-order chi connectivity index (χ0) is 13.9. The van der Waals surface area contributed by atoms with E-state index in [-0.39, 0.29) is 6.03 Å². The number of anilines is 1. The van der Waals surface area contributed by atoms with Gasteiger partial charge in [0.2, 0.25) is 0 Å². The number of carbonyl (C=O) groups excluding carboxylic acids is 1. The van der Waals surface area contributed by atoms with Crippen LogP contribution in [-0.4, -0.2) is 16.6 Å². The standard InChI is InChI=1S/C13H16ClN3OS/c14-9-4-3-5-10(8-9)16-12(18)17-13(11(15)19)6-1-2-7-13/h3-5,8H,1-2,6-7H2,(H2,15,19)(H2,16,17,18). The van der Waals surface area contributed by atoms with Crippen molar-refractivity contribution in [2.45, 2.75) is 31.2 Å². The molecule has 1 fully saturated rings. The Kier molecular flexibility index (Phi) is 4.27. The molecule has 102 valence electrons. The van der Waals surface area contributed by atoms with Gasteiger partial charge >= 0.3 is 6.03 Å². The minimum Gasteiger partial charge on any atom is -0.391 e. The van der Waals surface area contributed by atoms with E-state index in [2.05, 4.69) is 10.6 Å². The van der Waals surface area contributed by atoms with E-state index >= 15 is 0 Å². The third-order valence-electron chi connectivity index (χ3n) is 3.36. The minimum atomic E-state index is -0.544. The summed E-state index contributed by atoms with van der Waals surface area (Å²) < 4.78 is 0. The van der Waals surface area contributed by atoms with Crippen LogP contribution in [0.3, 0.4) is 0 Å². The molecular formula is C13H16ClN3OS. The topological polar surface area (TPSA) is 67.1 Å². The first-order valence-electron chi connectivity index (χ1n) is 6.16. The van der Waals surface area contributed by atoms with Crippen molar-refractivity contribution in [3.63, 3.8) is 0 Å². The Labute approximate surface area is 122 Å². The van der Waals surface area contributed by atoms with Crippen LogP contribution < -0.4 is 16.4 Å². The third-order valence-corrected chi connectivity index (χ3v) is 3.99. The number of amides is 2. The van der Waals surface area contributed by atoms with Gasteiger partial charge < -0.3 is 16.4 Å². The first-order valence-corrected chi connectivity index (χ1v) is 6.95. The van der Waals surface area contributed by atoms with E-state index in [4.69, 9.17) is 29.6 Å². The van der Waals surface area contributed by atoms with Crippen LogP contribution in [0.2, 0.25) is 5.02 Å². The molecule has 0 unspecified atom stereocenters. The molecule has 0 aromatic heterocycles. The molecule has 1 aromatic carbocycles. The molecule has 0 atom stereocenters. The fraction of sp³-hybridized carbons (Fsp3) is 0.385. The van der Waals surface area contributed by atoms with E-state index in [1.54, 1.807) is 24.3 Å². The van der Waals surface area contributed by atoms with Gasteiger partial charge in [-0.15, -0.1) is 0 Å². The second kappa shape index (κ2) is 5.75. The van der Waals surface area contributed by atoms with Gasteiger partial charge in [-0.2, -0.15) is 0 Å². The van der Waals surface area contributed by atoms with Crippen LogP contribution in [0.4, 0.5) is 10.5 Å². The summed E-state index contributed by atoms with van der Waals surface area (Å²) in [6.07, 6.45) is 3.64. The van der Waals surface area contributed by atoms with Crippen molar-refractivity contribution in [3.8, 4) is 0 Å². The number of hydrogen-bond acceptors (Lipinski definition) is 2. The van der Waals surface area contributed by atoms with Gasteiger partial charge in [0.05, 0.1) is 10.5 Å². The molecular weight excluding hydrogens is 282 g/mol. The van der Waals surface area contributed by atoms with E-state index in [0.717, 1.165) is 25.7 Å². The lowest BCUT2D eigenvalue weighted by molar-refractivity contribution is 0.245. The Hall–Kier alpha value is -1.33. The van der Waals surface area contributed by atoms with Crippen LogP contribution in [0.25, 0.3) is 0 Å².